The summed E-state index contributed by atoms with van der Waals surface area (Å²) in [6.07, 6.45) is 0.643. The van der Waals surface area contributed by atoms with E-state index in [-0.39, 0.29) is 11.7 Å². The number of nitrogens with zero attached hydrogens (tertiary/aromatic N) is 3. The quantitative estimate of drug-likeness (QED) is 0.402. The van der Waals surface area contributed by atoms with E-state index in [4.69, 9.17) is 4.74 Å². The van der Waals surface area contributed by atoms with Gasteiger partial charge >= 0.3 is 5.97 Å². The van der Waals surface area contributed by atoms with E-state index in [2.05, 4.69) is 20.3 Å². The van der Waals surface area contributed by atoms with Crippen LogP contribution in [0.1, 0.15) is 28.7 Å². The summed E-state index contributed by atoms with van der Waals surface area (Å²) in [5, 5.41) is 12.1. The van der Waals surface area contributed by atoms with Crippen LogP contribution in [-0.2, 0) is 22.5 Å². The number of rotatable bonds is 9. The summed E-state index contributed by atoms with van der Waals surface area (Å²) in [5.74, 6) is 1.26. The van der Waals surface area contributed by atoms with E-state index in [0.717, 1.165) is 17.1 Å². The molecule has 0 radical (unpaired) electrons. The fourth-order valence-corrected chi connectivity index (χ4v) is 3.76. The van der Waals surface area contributed by atoms with Gasteiger partial charge in [-0.1, -0.05) is 23.9 Å². The highest BCUT2D eigenvalue weighted by Crippen LogP contribution is 2.20. The highest BCUT2D eigenvalue weighted by atomic mass is 32.2. The molecule has 0 saturated heterocycles. The molecule has 1 amide bonds. The lowest BCUT2D eigenvalue weighted by atomic mass is 10.1. The van der Waals surface area contributed by atoms with Crippen molar-refractivity contribution < 1.29 is 19.1 Å². The van der Waals surface area contributed by atoms with Gasteiger partial charge in [0.25, 0.3) is 0 Å². The molecule has 162 valence electrons. The summed E-state index contributed by atoms with van der Waals surface area (Å²) in [6, 6.07) is 14.4. The smallest absolute Gasteiger partial charge is 0.337 e. The molecule has 0 atom stereocenters. The lowest BCUT2D eigenvalue weighted by molar-refractivity contribution is -0.113. The summed E-state index contributed by atoms with van der Waals surface area (Å²) in [6.45, 7) is 2.73. The lowest BCUT2D eigenvalue weighted by Gasteiger charge is -2.08. The number of hydrogen-bond acceptors (Lipinski definition) is 7. The number of benzene rings is 2. The van der Waals surface area contributed by atoms with Gasteiger partial charge in [0, 0.05) is 18.7 Å². The molecule has 1 aromatic heterocycles. The molecule has 0 fully saturated rings. The molecule has 0 spiro atoms. The first kappa shape index (κ1) is 22.4. The van der Waals surface area contributed by atoms with Gasteiger partial charge in [0.2, 0.25) is 5.91 Å². The molecule has 0 unspecified atom stereocenters. The Balaban J connectivity index is 1.58. The predicted octanol–water partition coefficient (Wildman–Crippen LogP) is 3.41. The molecule has 9 heteroatoms. The van der Waals surface area contributed by atoms with E-state index in [1.54, 1.807) is 31.4 Å². The lowest BCUT2D eigenvalue weighted by Crippen LogP contribution is -2.15. The Labute approximate surface area is 185 Å². The standard InChI is InChI=1S/C22H24N4O4S/c1-4-26-19(13-15-5-11-18(29-2)12-6-15)24-25-22(26)31-14-20(27)23-17-9-7-16(8-10-17)21(28)30-3/h5-12H,4,13-14H2,1-3H3,(H,23,27). The van der Waals surface area contributed by atoms with Gasteiger partial charge in [-0.2, -0.15) is 0 Å². The minimum Gasteiger partial charge on any atom is -0.497 e. The Bertz CT molecular complexity index is 1030. The number of carbonyl (C=O) groups is 2. The van der Waals surface area contributed by atoms with Gasteiger partial charge in [0.15, 0.2) is 5.16 Å². The molecule has 0 aliphatic carbocycles. The molecule has 1 heterocycles. The van der Waals surface area contributed by atoms with Gasteiger partial charge < -0.3 is 19.4 Å². The molecular formula is C22H24N4O4S. The zero-order chi connectivity index (χ0) is 22.2. The number of ether oxygens (including phenoxy) is 2. The van der Waals surface area contributed by atoms with Gasteiger partial charge in [-0.05, 0) is 48.9 Å². The monoisotopic (exact) mass is 440 g/mol. The van der Waals surface area contributed by atoms with Crippen LogP contribution in [0.3, 0.4) is 0 Å². The second-order valence-corrected chi connectivity index (χ2v) is 7.52. The summed E-state index contributed by atoms with van der Waals surface area (Å²) >= 11 is 1.33. The Morgan fingerprint density at radius 3 is 2.35 bits per heavy atom. The topological polar surface area (TPSA) is 95.3 Å². The zero-order valence-electron chi connectivity index (χ0n) is 17.6. The number of hydrogen-bond donors (Lipinski definition) is 1. The van der Waals surface area contributed by atoms with E-state index in [9.17, 15) is 9.59 Å². The average Bonchev–Trinajstić information content (AvgIpc) is 3.19. The van der Waals surface area contributed by atoms with Crippen molar-refractivity contribution in [3.05, 3.63) is 65.5 Å². The maximum Gasteiger partial charge on any atom is 0.337 e. The van der Waals surface area contributed by atoms with Gasteiger partial charge in [-0.3, -0.25) is 4.79 Å². The van der Waals surface area contributed by atoms with Crippen molar-refractivity contribution in [2.75, 3.05) is 25.3 Å². The molecule has 0 aliphatic rings. The SMILES string of the molecule is CCn1c(Cc2ccc(OC)cc2)nnc1SCC(=O)Nc1ccc(C(=O)OC)cc1. The number of aromatic nitrogens is 3. The van der Waals surface area contributed by atoms with Crippen LogP contribution in [0.5, 0.6) is 5.75 Å². The Morgan fingerprint density at radius 1 is 1.03 bits per heavy atom. The van der Waals surface area contributed by atoms with E-state index in [0.29, 0.717) is 29.4 Å². The van der Waals surface area contributed by atoms with Crippen molar-refractivity contribution in [3.63, 3.8) is 0 Å². The Kier molecular flexibility index (Phi) is 7.66. The number of carbonyl (C=O) groups excluding carboxylic acids is 2. The minimum atomic E-state index is -0.419. The van der Waals surface area contributed by atoms with Crippen LogP contribution >= 0.6 is 11.8 Å². The molecule has 0 saturated carbocycles. The van der Waals surface area contributed by atoms with E-state index in [1.165, 1.54) is 18.9 Å². The van der Waals surface area contributed by atoms with Crippen molar-refractivity contribution in [3.8, 4) is 5.75 Å². The fraction of sp³-hybridized carbons (Fsp3) is 0.273. The Hall–Kier alpha value is -3.33. The predicted molar refractivity (Wildman–Crippen MR) is 119 cm³/mol. The summed E-state index contributed by atoms with van der Waals surface area (Å²) < 4.78 is 11.9. The van der Waals surface area contributed by atoms with Crippen LogP contribution in [0.2, 0.25) is 0 Å². The second-order valence-electron chi connectivity index (χ2n) is 6.57. The molecule has 3 rings (SSSR count). The first-order valence-corrected chi connectivity index (χ1v) is 10.7. The highest BCUT2D eigenvalue weighted by Gasteiger charge is 2.14. The van der Waals surface area contributed by atoms with Gasteiger partial charge in [-0.25, -0.2) is 4.79 Å². The second kappa shape index (κ2) is 10.6. The summed E-state index contributed by atoms with van der Waals surface area (Å²) in [5.41, 5.74) is 2.14. The van der Waals surface area contributed by atoms with Gasteiger partial charge in [0.05, 0.1) is 25.5 Å². The molecule has 1 N–H and O–H groups in total. The molecule has 0 aliphatic heterocycles. The normalized spacial score (nSPS) is 10.5. The van der Waals surface area contributed by atoms with Crippen LogP contribution in [0, 0.1) is 0 Å². The van der Waals surface area contributed by atoms with Crippen molar-refractivity contribution in [2.45, 2.75) is 25.0 Å². The number of thioether (sulfide) groups is 1. The van der Waals surface area contributed by atoms with Crippen LogP contribution in [-0.4, -0.2) is 46.6 Å². The first-order chi connectivity index (χ1) is 15.0. The molecule has 2 aromatic carbocycles. The minimum absolute atomic E-state index is 0.168. The number of anilines is 1. The molecule has 3 aromatic rings. The van der Waals surface area contributed by atoms with Crippen molar-refractivity contribution in [2.24, 2.45) is 0 Å². The fourth-order valence-electron chi connectivity index (χ4n) is 2.93. The van der Waals surface area contributed by atoms with E-state index >= 15 is 0 Å². The molecule has 31 heavy (non-hydrogen) atoms. The third-order valence-corrected chi connectivity index (χ3v) is 5.52. The number of methoxy groups -OCH3 is 2. The van der Waals surface area contributed by atoms with E-state index < -0.39 is 5.97 Å². The van der Waals surface area contributed by atoms with Crippen LogP contribution in [0.15, 0.2) is 53.7 Å². The van der Waals surface area contributed by atoms with Gasteiger partial charge in [-0.15, -0.1) is 10.2 Å². The van der Waals surface area contributed by atoms with Crippen LogP contribution in [0.25, 0.3) is 0 Å². The third kappa shape index (κ3) is 5.85. The average molecular weight is 441 g/mol. The largest absolute Gasteiger partial charge is 0.497 e. The zero-order valence-corrected chi connectivity index (χ0v) is 18.4. The molecule has 0 bridgehead atoms. The van der Waals surface area contributed by atoms with Gasteiger partial charge in [0.1, 0.15) is 11.6 Å². The van der Waals surface area contributed by atoms with Crippen molar-refractivity contribution in [1.82, 2.24) is 14.8 Å². The number of esters is 1. The number of amides is 1. The Morgan fingerprint density at radius 2 is 1.74 bits per heavy atom. The first-order valence-electron chi connectivity index (χ1n) is 9.70. The summed E-state index contributed by atoms with van der Waals surface area (Å²) in [4.78, 5) is 23.8. The third-order valence-electron chi connectivity index (χ3n) is 4.55. The van der Waals surface area contributed by atoms with Crippen molar-refractivity contribution >= 4 is 29.3 Å². The maximum absolute atomic E-state index is 12.3. The number of nitrogens with one attached hydrogen (secondary N) is 1. The molecular weight excluding hydrogens is 416 g/mol. The van der Waals surface area contributed by atoms with Crippen molar-refractivity contribution in [1.29, 1.82) is 0 Å². The van der Waals surface area contributed by atoms with E-state index in [1.807, 2.05) is 35.8 Å². The maximum atomic E-state index is 12.3. The van der Waals surface area contributed by atoms with Crippen LogP contribution in [0.4, 0.5) is 5.69 Å². The summed E-state index contributed by atoms with van der Waals surface area (Å²) in [7, 11) is 2.96. The highest BCUT2D eigenvalue weighted by molar-refractivity contribution is 7.99. The van der Waals surface area contributed by atoms with Crippen LogP contribution < -0.4 is 10.1 Å². The molecule has 8 nitrogen and oxygen atoms in total.